The van der Waals surface area contributed by atoms with E-state index in [2.05, 4.69) is 51.6 Å². The zero-order valence-corrected chi connectivity index (χ0v) is 18.5. The van der Waals surface area contributed by atoms with Gasteiger partial charge in [-0.25, -0.2) is 10.4 Å². The fraction of sp³-hybridized carbons (Fsp3) is 0.240. The third-order valence-corrected chi connectivity index (χ3v) is 5.44. The molecule has 166 valence electrons. The topological polar surface area (TPSA) is 88.4 Å². The molecule has 4 aromatic rings. The average Bonchev–Trinajstić information content (AvgIpc) is 2.85. The Bertz CT molecular complexity index is 1270. The van der Waals surface area contributed by atoms with Crippen LogP contribution in [0.25, 0.3) is 11.0 Å². The number of pyridine rings is 2. The molecule has 8 nitrogen and oxygen atoms in total. The minimum Gasteiger partial charge on any atom is -0.378 e. The van der Waals surface area contributed by atoms with Crippen molar-refractivity contribution >= 4 is 29.0 Å². The highest BCUT2D eigenvalue weighted by molar-refractivity contribution is 5.87. The first-order valence-electron chi connectivity index (χ1n) is 11.0. The normalized spacial score (nSPS) is 14.2. The Morgan fingerprint density at radius 2 is 1.97 bits per heavy atom. The molecular formula is C25H25N7O. The maximum Gasteiger partial charge on any atom is 0.246 e. The Kier molecular flexibility index (Phi) is 6.16. The van der Waals surface area contributed by atoms with E-state index in [1.807, 2.05) is 30.6 Å². The molecule has 1 aromatic carbocycles. The summed E-state index contributed by atoms with van der Waals surface area (Å²) >= 11 is 0. The molecule has 1 aliphatic heterocycles. The van der Waals surface area contributed by atoms with E-state index >= 15 is 0 Å². The second-order valence-electron chi connectivity index (χ2n) is 8.00. The molecule has 1 saturated heterocycles. The van der Waals surface area contributed by atoms with E-state index in [0.29, 0.717) is 19.2 Å². The number of hydrazone groups is 1. The average molecular weight is 440 g/mol. The Balaban J connectivity index is 1.47. The molecule has 0 atom stereocenters. The molecule has 0 radical (unpaired) electrons. The van der Waals surface area contributed by atoms with Crippen LogP contribution in [0.15, 0.2) is 66.2 Å². The standard InChI is InChI=1S/C25H25N7O/c1-18-4-2-5-19(12-18)17-28-31-25-29-22-14-21(13-20-6-3-7-26-15-20)16-27-23(22)24(30-25)32-8-10-33-11-9-32/h2-7,12,14-17H,8-11,13H2,1H3,(H,29,30,31)/b28-17+. The van der Waals surface area contributed by atoms with E-state index in [-0.39, 0.29) is 0 Å². The van der Waals surface area contributed by atoms with Gasteiger partial charge in [-0.05, 0) is 35.7 Å². The Morgan fingerprint density at radius 1 is 1.06 bits per heavy atom. The van der Waals surface area contributed by atoms with Gasteiger partial charge in [0.2, 0.25) is 5.95 Å². The number of rotatable bonds is 6. The summed E-state index contributed by atoms with van der Waals surface area (Å²) in [7, 11) is 0. The molecule has 0 aliphatic carbocycles. The summed E-state index contributed by atoms with van der Waals surface area (Å²) in [5, 5.41) is 4.36. The van der Waals surface area contributed by atoms with Gasteiger partial charge in [-0.3, -0.25) is 9.97 Å². The van der Waals surface area contributed by atoms with Crippen LogP contribution in [0.5, 0.6) is 0 Å². The molecule has 0 bridgehead atoms. The highest BCUT2D eigenvalue weighted by Gasteiger charge is 2.18. The van der Waals surface area contributed by atoms with Crippen LogP contribution in [0, 0.1) is 6.92 Å². The van der Waals surface area contributed by atoms with Crippen molar-refractivity contribution in [2.75, 3.05) is 36.6 Å². The van der Waals surface area contributed by atoms with E-state index in [1.54, 1.807) is 12.4 Å². The summed E-state index contributed by atoms with van der Waals surface area (Å²) in [5.74, 6) is 1.23. The molecule has 3 aromatic heterocycles. The molecule has 1 N–H and O–H groups in total. The van der Waals surface area contributed by atoms with E-state index in [0.717, 1.165) is 53.1 Å². The van der Waals surface area contributed by atoms with Gasteiger partial charge in [-0.15, -0.1) is 0 Å². The van der Waals surface area contributed by atoms with Crippen molar-refractivity contribution in [2.24, 2.45) is 5.10 Å². The molecule has 8 heteroatoms. The number of fused-ring (bicyclic) bond motifs is 1. The largest absolute Gasteiger partial charge is 0.378 e. The number of aromatic nitrogens is 4. The van der Waals surface area contributed by atoms with Gasteiger partial charge in [0.1, 0.15) is 5.52 Å². The molecule has 0 amide bonds. The minimum atomic E-state index is 0.438. The third kappa shape index (κ3) is 5.12. The van der Waals surface area contributed by atoms with Gasteiger partial charge < -0.3 is 9.64 Å². The lowest BCUT2D eigenvalue weighted by Gasteiger charge is -2.28. The molecule has 1 fully saturated rings. The number of hydrogen-bond donors (Lipinski definition) is 1. The van der Waals surface area contributed by atoms with Crippen molar-refractivity contribution in [3.63, 3.8) is 0 Å². The lowest BCUT2D eigenvalue weighted by molar-refractivity contribution is 0.122. The SMILES string of the molecule is Cc1cccc(/C=N/Nc2nc(N3CCOCC3)c3ncc(Cc4cccnc4)cc3n2)c1. The number of ether oxygens (including phenoxy) is 1. The Labute approximate surface area is 192 Å². The van der Waals surface area contributed by atoms with Crippen LogP contribution in [0.2, 0.25) is 0 Å². The highest BCUT2D eigenvalue weighted by Crippen LogP contribution is 2.25. The molecule has 33 heavy (non-hydrogen) atoms. The van der Waals surface area contributed by atoms with Gasteiger partial charge in [-0.1, -0.05) is 35.9 Å². The molecule has 4 heterocycles. The summed E-state index contributed by atoms with van der Waals surface area (Å²) < 4.78 is 5.52. The van der Waals surface area contributed by atoms with Crippen molar-refractivity contribution in [1.82, 2.24) is 19.9 Å². The minimum absolute atomic E-state index is 0.438. The van der Waals surface area contributed by atoms with E-state index in [1.165, 1.54) is 5.56 Å². The number of hydrogen-bond acceptors (Lipinski definition) is 8. The van der Waals surface area contributed by atoms with E-state index < -0.39 is 0 Å². The molecular weight excluding hydrogens is 414 g/mol. The quantitative estimate of drug-likeness (QED) is 0.363. The monoisotopic (exact) mass is 439 g/mol. The van der Waals surface area contributed by atoms with Crippen molar-refractivity contribution < 1.29 is 4.74 Å². The second kappa shape index (κ2) is 9.70. The fourth-order valence-electron chi connectivity index (χ4n) is 3.84. The zero-order valence-electron chi connectivity index (χ0n) is 18.5. The van der Waals surface area contributed by atoms with Crippen LogP contribution in [0.3, 0.4) is 0 Å². The van der Waals surface area contributed by atoms with Gasteiger partial charge in [-0.2, -0.15) is 10.1 Å². The zero-order chi connectivity index (χ0) is 22.5. The van der Waals surface area contributed by atoms with E-state index in [9.17, 15) is 0 Å². The Morgan fingerprint density at radius 3 is 2.79 bits per heavy atom. The van der Waals surface area contributed by atoms with Gasteiger partial charge in [0, 0.05) is 38.1 Å². The summed E-state index contributed by atoms with van der Waals surface area (Å²) in [6.45, 7) is 4.91. The van der Waals surface area contributed by atoms with Crippen LogP contribution in [-0.2, 0) is 11.2 Å². The fourth-order valence-corrected chi connectivity index (χ4v) is 3.84. The lowest BCUT2D eigenvalue weighted by atomic mass is 10.1. The molecule has 5 rings (SSSR count). The molecule has 0 saturated carbocycles. The summed E-state index contributed by atoms with van der Waals surface area (Å²) in [6.07, 6.45) is 8.05. The molecule has 0 spiro atoms. The predicted molar refractivity (Wildman–Crippen MR) is 130 cm³/mol. The second-order valence-corrected chi connectivity index (χ2v) is 8.00. The summed E-state index contributed by atoms with van der Waals surface area (Å²) in [4.78, 5) is 20.6. The van der Waals surface area contributed by atoms with Gasteiger partial charge in [0.25, 0.3) is 0 Å². The number of anilines is 2. The maximum absolute atomic E-state index is 5.52. The van der Waals surface area contributed by atoms with Gasteiger partial charge >= 0.3 is 0 Å². The Hall–Kier alpha value is -3.91. The first-order valence-corrected chi connectivity index (χ1v) is 11.0. The first-order chi connectivity index (χ1) is 16.2. The van der Waals surface area contributed by atoms with Gasteiger partial charge in [0.05, 0.1) is 24.9 Å². The third-order valence-electron chi connectivity index (χ3n) is 5.44. The van der Waals surface area contributed by atoms with Crippen LogP contribution >= 0.6 is 0 Å². The number of aryl methyl sites for hydroxylation is 1. The van der Waals surface area contributed by atoms with Crippen molar-refractivity contribution in [3.8, 4) is 0 Å². The molecule has 0 unspecified atom stereocenters. The smallest absolute Gasteiger partial charge is 0.246 e. The van der Waals surface area contributed by atoms with E-state index in [4.69, 9.17) is 19.7 Å². The van der Waals surface area contributed by atoms with Crippen molar-refractivity contribution in [3.05, 3.63) is 83.3 Å². The van der Waals surface area contributed by atoms with Crippen molar-refractivity contribution in [2.45, 2.75) is 13.3 Å². The molecule has 1 aliphatic rings. The van der Waals surface area contributed by atoms with Crippen molar-refractivity contribution in [1.29, 1.82) is 0 Å². The number of nitrogens with one attached hydrogen (secondary N) is 1. The maximum atomic E-state index is 5.52. The van der Waals surface area contributed by atoms with Crippen LogP contribution in [0.4, 0.5) is 11.8 Å². The lowest BCUT2D eigenvalue weighted by Crippen LogP contribution is -2.37. The summed E-state index contributed by atoms with van der Waals surface area (Å²) in [6, 6.07) is 14.2. The van der Waals surface area contributed by atoms with Crippen LogP contribution < -0.4 is 10.3 Å². The first kappa shape index (κ1) is 21.0. The van der Waals surface area contributed by atoms with Crippen LogP contribution in [0.1, 0.15) is 22.3 Å². The summed E-state index contributed by atoms with van der Waals surface area (Å²) in [5.41, 5.74) is 8.95. The number of morpholine rings is 1. The number of benzene rings is 1. The number of nitrogens with zero attached hydrogens (tertiary/aromatic N) is 6. The predicted octanol–water partition coefficient (Wildman–Crippen LogP) is 3.60. The van der Waals surface area contributed by atoms with Crippen LogP contribution in [-0.4, -0.2) is 52.5 Å². The highest BCUT2D eigenvalue weighted by atomic mass is 16.5. The van der Waals surface area contributed by atoms with Gasteiger partial charge in [0.15, 0.2) is 5.82 Å².